The smallest absolute Gasteiger partial charge is 0.197 e. The Labute approximate surface area is 162 Å². The van der Waals surface area contributed by atoms with Crippen LogP contribution in [0, 0.1) is 21.0 Å². The van der Waals surface area contributed by atoms with E-state index in [9.17, 15) is 13.2 Å². The van der Waals surface area contributed by atoms with Crippen LogP contribution in [0.5, 0.6) is 5.75 Å². The molecule has 0 heterocycles. The van der Waals surface area contributed by atoms with Crippen LogP contribution in [0.4, 0.5) is 35.9 Å². The second-order valence-electron chi connectivity index (χ2n) is 5.47. The number of halogens is 4. The highest BCUT2D eigenvalue weighted by atomic mass is 127. The Morgan fingerprint density at radius 3 is 2.27 bits per heavy atom. The molecule has 3 aromatic rings. The minimum Gasteiger partial charge on any atom is -0.491 e. The molecule has 26 heavy (non-hydrogen) atoms. The van der Waals surface area contributed by atoms with Crippen LogP contribution in [-0.2, 0) is 0 Å². The number of quaternary nitrogens is 1. The Kier molecular flexibility index (Phi) is 5.38. The normalized spacial score (nSPS) is 10.7. The van der Waals surface area contributed by atoms with Crippen LogP contribution < -0.4 is 15.4 Å². The highest BCUT2D eigenvalue weighted by molar-refractivity contribution is 14.1. The minimum atomic E-state index is -1.13. The third kappa shape index (κ3) is 3.36. The number of hydrogen-bond donors (Lipinski definition) is 1. The lowest BCUT2D eigenvalue weighted by Crippen LogP contribution is -2.42. The van der Waals surface area contributed by atoms with Gasteiger partial charge in [0.1, 0.15) is 5.82 Å². The Hall–Kier alpha value is -2.26. The van der Waals surface area contributed by atoms with Crippen LogP contribution in [0.2, 0.25) is 0 Å². The van der Waals surface area contributed by atoms with Gasteiger partial charge in [0, 0.05) is 15.3 Å². The first-order chi connectivity index (χ1) is 12.4. The summed E-state index contributed by atoms with van der Waals surface area (Å²) in [4.78, 5) is 1.30. The molecule has 0 bridgehead atoms. The Bertz CT molecular complexity index is 951. The molecule has 0 atom stereocenters. The third-order valence-corrected chi connectivity index (χ3v) is 4.54. The van der Waals surface area contributed by atoms with Crippen molar-refractivity contribution in [1.82, 2.24) is 0 Å². The van der Waals surface area contributed by atoms with Gasteiger partial charge in [0.05, 0.1) is 12.8 Å². The molecule has 0 saturated carbocycles. The summed E-state index contributed by atoms with van der Waals surface area (Å²) in [6.07, 6.45) is 0. The van der Waals surface area contributed by atoms with Crippen LogP contribution in [0.3, 0.4) is 0 Å². The third-order valence-electron chi connectivity index (χ3n) is 3.87. The van der Waals surface area contributed by atoms with Crippen LogP contribution in [0.15, 0.2) is 54.6 Å². The van der Waals surface area contributed by atoms with Crippen molar-refractivity contribution in [3.63, 3.8) is 0 Å². The average molecular weight is 471 g/mol. The van der Waals surface area contributed by atoms with Gasteiger partial charge >= 0.3 is 0 Å². The highest BCUT2D eigenvalue weighted by Crippen LogP contribution is 2.44. The number of anilines is 3. The maximum atomic E-state index is 14.8. The first kappa shape index (κ1) is 18.5. The maximum Gasteiger partial charge on any atom is 0.197 e. The Balaban J connectivity index is 2.35. The van der Waals surface area contributed by atoms with E-state index >= 15 is 0 Å². The predicted octanol–water partition coefficient (Wildman–Crippen LogP) is 5.06. The summed E-state index contributed by atoms with van der Waals surface area (Å²) in [6.45, 7) is 0. The molecular formula is C19H15F3IN2O+. The van der Waals surface area contributed by atoms with Crippen molar-refractivity contribution in [2.24, 2.45) is 0 Å². The van der Waals surface area contributed by atoms with E-state index in [1.54, 1.807) is 36.4 Å². The molecule has 0 amide bonds. The van der Waals surface area contributed by atoms with Crippen molar-refractivity contribution in [3.8, 4) is 5.75 Å². The topological polar surface area (TPSA) is 40.1 Å². The summed E-state index contributed by atoms with van der Waals surface area (Å²) in [6, 6.07) is 14.0. The summed E-state index contributed by atoms with van der Waals surface area (Å²) in [5.41, 5.74) is 4.27. The Morgan fingerprint density at radius 2 is 1.65 bits per heavy atom. The van der Waals surface area contributed by atoms with Gasteiger partial charge in [0.15, 0.2) is 28.8 Å². The fraction of sp³-hybridized carbons (Fsp3) is 0.0526. The number of hydrogen-bond acceptors (Lipinski definition) is 2. The lowest BCUT2D eigenvalue weighted by molar-refractivity contribution is -0.255. The number of nitrogens with zero attached hydrogens (tertiary/aromatic N) is 1. The Morgan fingerprint density at radius 1 is 0.962 bits per heavy atom. The van der Waals surface area contributed by atoms with Gasteiger partial charge in [-0.15, -0.1) is 0 Å². The van der Waals surface area contributed by atoms with Gasteiger partial charge in [-0.2, -0.15) is 0 Å². The van der Waals surface area contributed by atoms with Gasteiger partial charge in [-0.05, 0) is 52.9 Å². The van der Waals surface area contributed by atoms with E-state index in [-0.39, 0.29) is 22.8 Å². The molecule has 0 aliphatic heterocycles. The largest absolute Gasteiger partial charge is 0.491 e. The van der Waals surface area contributed by atoms with Gasteiger partial charge in [0.2, 0.25) is 0 Å². The molecule has 0 saturated heterocycles. The van der Waals surface area contributed by atoms with E-state index in [2.05, 4.69) is 5.73 Å². The first-order valence-electron chi connectivity index (χ1n) is 7.62. The van der Waals surface area contributed by atoms with Crippen molar-refractivity contribution in [2.45, 2.75) is 0 Å². The fourth-order valence-corrected chi connectivity index (χ4v) is 3.12. The summed E-state index contributed by atoms with van der Waals surface area (Å²) in [5.74, 6) is -2.72. The average Bonchev–Trinajstić information content (AvgIpc) is 2.63. The first-order valence-corrected chi connectivity index (χ1v) is 8.70. The van der Waals surface area contributed by atoms with Crippen molar-refractivity contribution in [1.29, 1.82) is 0 Å². The summed E-state index contributed by atoms with van der Waals surface area (Å²) in [5, 5.41) is 0. The molecule has 0 aromatic heterocycles. The second kappa shape index (κ2) is 7.55. The van der Waals surface area contributed by atoms with E-state index in [4.69, 9.17) is 4.74 Å². The molecule has 0 radical (unpaired) electrons. The molecule has 3 N–H and O–H groups in total. The summed E-state index contributed by atoms with van der Waals surface area (Å²) < 4.78 is 49.4. The molecule has 3 rings (SSSR count). The molecule has 0 aliphatic rings. The van der Waals surface area contributed by atoms with Gasteiger partial charge in [-0.25, -0.2) is 13.2 Å². The summed E-state index contributed by atoms with van der Waals surface area (Å²) in [7, 11) is 1.34. The fourth-order valence-electron chi connectivity index (χ4n) is 2.67. The van der Waals surface area contributed by atoms with Crippen molar-refractivity contribution < 1.29 is 23.6 Å². The SMILES string of the molecule is COc1cc(F)c(F)c(N(c2ccccc2)c2ccc(I)cc2F)c1[NH3+]. The van der Waals surface area contributed by atoms with E-state index < -0.39 is 17.5 Å². The zero-order valence-corrected chi connectivity index (χ0v) is 15.9. The second-order valence-corrected chi connectivity index (χ2v) is 6.71. The summed E-state index contributed by atoms with van der Waals surface area (Å²) >= 11 is 1.98. The van der Waals surface area contributed by atoms with Gasteiger partial charge in [-0.1, -0.05) is 18.2 Å². The molecule has 0 unspecified atom stereocenters. The van der Waals surface area contributed by atoms with Crippen LogP contribution in [0.25, 0.3) is 0 Å². The van der Waals surface area contributed by atoms with Crippen molar-refractivity contribution in [2.75, 3.05) is 12.0 Å². The number of para-hydroxylation sites is 1. The van der Waals surface area contributed by atoms with Crippen LogP contribution in [-0.4, -0.2) is 7.11 Å². The lowest BCUT2D eigenvalue weighted by Gasteiger charge is -2.26. The van der Waals surface area contributed by atoms with Crippen LogP contribution >= 0.6 is 22.6 Å². The molecule has 0 spiro atoms. The maximum absolute atomic E-state index is 14.8. The van der Waals surface area contributed by atoms with Crippen LogP contribution in [0.1, 0.15) is 0 Å². The standard InChI is InChI=1S/C19H14F3IN2O/c1-26-16-10-14(21)17(22)19(18(16)24)25(12-5-3-2-4-6-12)15-8-7-11(23)9-13(15)20/h2-10H,24H2,1H3/p+1. The zero-order valence-electron chi connectivity index (χ0n) is 13.8. The molecule has 0 aliphatic carbocycles. The van der Waals surface area contributed by atoms with E-state index in [0.29, 0.717) is 9.26 Å². The molecule has 134 valence electrons. The van der Waals surface area contributed by atoms with E-state index in [1.165, 1.54) is 24.1 Å². The molecular weight excluding hydrogens is 456 g/mol. The number of ether oxygens (including phenoxy) is 1. The predicted molar refractivity (Wildman–Crippen MR) is 103 cm³/mol. The zero-order chi connectivity index (χ0) is 18.8. The number of rotatable bonds is 4. The van der Waals surface area contributed by atoms with Gasteiger partial charge in [0.25, 0.3) is 0 Å². The molecule has 7 heteroatoms. The minimum absolute atomic E-state index is 0.0748. The van der Waals surface area contributed by atoms with E-state index in [0.717, 1.165) is 6.07 Å². The molecule has 3 nitrogen and oxygen atoms in total. The van der Waals surface area contributed by atoms with Gasteiger partial charge < -0.3 is 10.5 Å². The van der Waals surface area contributed by atoms with Crippen molar-refractivity contribution >= 4 is 45.3 Å². The van der Waals surface area contributed by atoms with E-state index in [1.807, 2.05) is 22.6 Å². The van der Waals surface area contributed by atoms with Gasteiger partial charge in [-0.3, -0.25) is 4.90 Å². The monoisotopic (exact) mass is 471 g/mol. The highest BCUT2D eigenvalue weighted by Gasteiger charge is 2.28. The number of benzene rings is 3. The number of methoxy groups -OCH3 is 1. The molecule has 3 aromatic carbocycles. The molecule has 0 fully saturated rings. The quantitative estimate of drug-likeness (QED) is 0.541. The van der Waals surface area contributed by atoms with Crippen molar-refractivity contribution in [3.05, 3.63) is 75.6 Å². The lowest BCUT2D eigenvalue weighted by atomic mass is 10.1.